The molecule has 0 unspecified atom stereocenters. The molecule has 21 heavy (non-hydrogen) atoms. The summed E-state index contributed by atoms with van der Waals surface area (Å²) in [4.78, 5) is 19.0. The average molecular weight is 298 g/mol. The smallest absolute Gasteiger partial charge is 0.253 e. The van der Waals surface area contributed by atoms with Crippen molar-refractivity contribution in [3.05, 3.63) is 40.2 Å². The summed E-state index contributed by atoms with van der Waals surface area (Å²) in [6.45, 7) is 1.80. The molecule has 108 valence electrons. The summed E-state index contributed by atoms with van der Waals surface area (Å²) in [6, 6.07) is 7.92. The number of rotatable bonds is 3. The van der Waals surface area contributed by atoms with Crippen LogP contribution in [-0.4, -0.2) is 28.9 Å². The standard InChI is InChI=1S/C17H18N2OS/c20-17(19-9-1-2-10-19)14-7-3-12(4-8-14)15-11-21-16(18-15)13-5-6-13/h3-4,7-8,11,13H,1-2,5-6,9-10H2. The van der Waals surface area contributed by atoms with E-state index < -0.39 is 0 Å². The lowest BCUT2D eigenvalue weighted by Gasteiger charge is -2.15. The van der Waals surface area contributed by atoms with Crippen molar-refractivity contribution in [3.8, 4) is 11.3 Å². The van der Waals surface area contributed by atoms with E-state index in [9.17, 15) is 4.79 Å². The molecule has 2 aromatic rings. The molecule has 1 amide bonds. The molecule has 1 aromatic heterocycles. The highest BCUT2D eigenvalue weighted by atomic mass is 32.1. The van der Waals surface area contributed by atoms with E-state index in [0.29, 0.717) is 5.92 Å². The molecule has 2 heterocycles. The maximum absolute atomic E-state index is 12.3. The molecule has 1 aliphatic carbocycles. The first-order chi connectivity index (χ1) is 10.3. The molecule has 4 heteroatoms. The molecule has 0 atom stereocenters. The topological polar surface area (TPSA) is 33.2 Å². The van der Waals surface area contributed by atoms with Crippen LogP contribution in [0.3, 0.4) is 0 Å². The van der Waals surface area contributed by atoms with Crippen LogP contribution >= 0.6 is 11.3 Å². The largest absolute Gasteiger partial charge is 0.339 e. The fourth-order valence-electron chi connectivity index (χ4n) is 2.82. The van der Waals surface area contributed by atoms with Crippen molar-refractivity contribution in [1.82, 2.24) is 9.88 Å². The minimum Gasteiger partial charge on any atom is -0.339 e. The summed E-state index contributed by atoms with van der Waals surface area (Å²) in [5, 5.41) is 3.40. The van der Waals surface area contributed by atoms with E-state index in [0.717, 1.165) is 42.8 Å². The van der Waals surface area contributed by atoms with E-state index >= 15 is 0 Å². The molecule has 1 saturated carbocycles. The summed E-state index contributed by atoms with van der Waals surface area (Å²) in [5.74, 6) is 0.871. The van der Waals surface area contributed by atoms with E-state index in [1.807, 2.05) is 29.2 Å². The summed E-state index contributed by atoms with van der Waals surface area (Å²) in [6.07, 6.45) is 4.84. The Morgan fingerprint density at radius 1 is 1.14 bits per heavy atom. The van der Waals surface area contributed by atoms with Crippen molar-refractivity contribution in [2.45, 2.75) is 31.6 Å². The second-order valence-electron chi connectivity index (χ2n) is 5.92. The third-order valence-electron chi connectivity index (χ3n) is 4.27. The minimum absolute atomic E-state index is 0.163. The van der Waals surface area contributed by atoms with Gasteiger partial charge in [0, 0.05) is 35.5 Å². The number of benzene rings is 1. The van der Waals surface area contributed by atoms with Crippen LogP contribution < -0.4 is 0 Å². The number of carbonyl (C=O) groups excluding carboxylic acids is 1. The highest BCUT2D eigenvalue weighted by Gasteiger charge is 2.26. The number of thiazole rings is 1. The fourth-order valence-corrected chi connectivity index (χ4v) is 3.82. The van der Waals surface area contributed by atoms with Crippen LogP contribution in [0.25, 0.3) is 11.3 Å². The summed E-state index contributed by atoms with van der Waals surface area (Å²) < 4.78 is 0. The molecule has 1 aromatic carbocycles. The van der Waals surface area contributed by atoms with E-state index in [1.165, 1.54) is 17.8 Å². The van der Waals surface area contributed by atoms with Gasteiger partial charge in [-0.25, -0.2) is 4.98 Å². The molecule has 2 aliphatic rings. The molecular formula is C17H18N2OS. The molecule has 2 fully saturated rings. The van der Waals surface area contributed by atoms with Crippen LogP contribution in [0.5, 0.6) is 0 Å². The Hall–Kier alpha value is -1.68. The van der Waals surface area contributed by atoms with Crippen LogP contribution in [0, 0.1) is 0 Å². The van der Waals surface area contributed by atoms with Crippen LogP contribution in [0.4, 0.5) is 0 Å². The Labute approximate surface area is 128 Å². The van der Waals surface area contributed by atoms with Crippen LogP contribution in [0.2, 0.25) is 0 Å². The van der Waals surface area contributed by atoms with Gasteiger partial charge in [0.25, 0.3) is 5.91 Å². The lowest BCUT2D eigenvalue weighted by molar-refractivity contribution is 0.0793. The van der Waals surface area contributed by atoms with E-state index in [4.69, 9.17) is 4.98 Å². The predicted octanol–water partition coefficient (Wildman–Crippen LogP) is 3.92. The van der Waals surface area contributed by atoms with Gasteiger partial charge in [0.1, 0.15) is 0 Å². The first-order valence-corrected chi connectivity index (χ1v) is 8.54. The molecule has 0 N–H and O–H groups in total. The Morgan fingerprint density at radius 3 is 2.52 bits per heavy atom. The van der Waals surface area contributed by atoms with Crippen LogP contribution in [0.1, 0.15) is 47.0 Å². The van der Waals surface area contributed by atoms with Crippen LogP contribution in [0.15, 0.2) is 29.6 Å². The van der Waals surface area contributed by atoms with Crippen molar-refractivity contribution < 1.29 is 4.79 Å². The molecular weight excluding hydrogens is 280 g/mol. The zero-order valence-corrected chi connectivity index (χ0v) is 12.7. The number of amides is 1. The number of aromatic nitrogens is 1. The number of likely N-dealkylation sites (tertiary alicyclic amines) is 1. The number of nitrogens with zero attached hydrogens (tertiary/aromatic N) is 2. The normalized spacial score (nSPS) is 18.2. The zero-order chi connectivity index (χ0) is 14.2. The Balaban J connectivity index is 1.53. The third-order valence-corrected chi connectivity index (χ3v) is 5.28. The quantitative estimate of drug-likeness (QED) is 0.860. The second kappa shape index (κ2) is 5.26. The van der Waals surface area contributed by atoms with Gasteiger partial charge in [0.05, 0.1) is 10.7 Å². The molecule has 4 rings (SSSR count). The highest BCUT2D eigenvalue weighted by molar-refractivity contribution is 7.10. The predicted molar refractivity (Wildman–Crippen MR) is 84.7 cm³/mol. The van der Waals surface area contributed by atoms with Gasteiger partial charge >= 0.3 is 0 Å². The van der Waals surface area contributed by atoms with Gasteiger partial charge in [-0.1, -0.05) is 12.1 Å². The van der Waals surface area contributed by atoms with Crippen molar-refractivity contribution in [1.29, 1.82) is 0 Å². The van der Waals surface area contributed by atoms with Gasteiger partial charge in [-0.05, 0) is 37.8 Å². The van der Waals surface area contributed by atoms with Crippen molar-refractivity contribution >= 4 is 17.2 Å². The molecule has 0 radical (unpaired) electrons. The van der Waals surface area contributed by atoms with Crippen molar-refractivity contribution in [3.63, 3.8) is 0 Å². The zero-order valence-electron chi connectivity index (χ0n) is 11.9. The monoisotopic (exact) mass is 298 g/mol. The minimum atomic E-state index is 0.163. The fraction of sp³-hybridized carbons (Fsp3) is 0.412. The molecule has 0 spiro atoms. The molecule has 1 aliphatic heterocycles. The lowest BCUT2D eigenvalue weighted by atomic mass is 10.1. The summed E-state index contributed by atoms with van der Waals surface area (Å²) in [7, 11) is 0. The first-order valence-electron chi connectivity index (χ1n) is 7.66. The van der Waals surface area contributed by atoms with Gasteiger partial charge in [0.15, 0.2) is 0 Å². The maximum Gasteiger partial charge on any atom is 0.253 e. The summed E-state index contributed by atoms with van der Waals surface area (Å²) in [5.41, 5.74) is 2.94. The lowest BCUT2D eigenvalue weighted by Crippen LogP contribution is -2.27. The van der Waals surface area contributed by atoms with E-state index in [-0.39, 0.29) is 5.91 Å². The van der Waals surface area contributed by atoms with Gasteiger partial charge in [-0.3, -0.25) is 4.79 Å². The van der Waals surface area contributed by atoms with E-state index in [1.54, 1.807) is 11.3 Å². The Morgan fingerprint density at radius 2 is 1.86 bits per heavy atom. The third kappa shape index (κ3) is 2.60. The van der Waals surface area contributed by atoms with Gasteiger partial charge < -0.3 is 4.90 Å². The number of hydrogen-bond acceptors (Lipinski definition) is 3. The molecule has 0 bridgehead atoms. The number of carbonyl (C=O) groups is 1. The van der Waals surface area contributed by atoms with E-state index in [2.05, 4.69) is 5.38 Å². The SMILES string of the molecule is O=C(c1ccc(-c2csc(C3CC3)n2)cc1)N1CCCC1. The average Bonchev–Trinajstić information content (AvgIpc) is 3.05. The maximum atomic E-state index is 12.3. The Bertz CT molecular complexity index is 652. The Kier molecular flexibility index (Phi) is 3.26. The van der Waals surface area contributed by atoms with Gasteiger partial charge in [0.2, 0.25) is 0 Å². The molecule has 1 saturated heterocycles. The van der Waals surface area contributed by atoms with Gasteiger partial charge in [-0.15, -0.1) is 11.3 Å². The second-order valence-corrected chi connectivity index (χ2v) is 6.81. The first kappa shape index (κ1) is 13.0. The number of hydrogen-bond donors (Lipinski definition) is 0. The van der Waals surface area contributed by atoms with Gasteiger partial charge in [-0.2, -0.15) is 0 Å². The van der Waals surface area contributed by atoms with Crippen LogP contribution in [-0.2, 0) is 0 Å². The van der Waals surface area contributed by atoms with Crippen molar-refractivity contribution in [2.24, 2.45) is 0 Å². The highest BCUT2D eigenvalue weighted by Crippen LogP contribution is 2.42. The van der Waals surface area contributed by atoms with Crippen molar-refractivity contribution in [2.75, 3.05) is 13.1 Å². The summed E-state index contributed by atoms with van der Waals surface area (Å²) >= 11 is 1.76. The molecule has 3 nitrogen and oxygen atoms in total.